The predicted molar refractivity (Wildman–Crippen MR) is 327 cm³/mol. The van der Waals surface area contributed by atoms with E-state index in [2.05, 4.69) is 92.1 Å². The molecule has 468 valence electrons. The average molecular weight is 1140 g/mol. The van der Waals surface area contributed by atoms with Crippen molar-refractivity contribution in [3.05, 3.63) is 85.1 Å². The summed E-state index contributed by atoms with van der Waals surface area (Å²) in [5, 5.41) is 87.2. The summed E-state index contributed by atoms with van der Waals surface area (Å²) in [6, 6.07) is -0.942. The van der Waals surface area contributed by atoms with Gasteiger partial charge in [0, 0.05) is 6.42 Å². The lowest BCUT2D eigenvalue weighted by atomic mass is 9.97. The molecule has 14 heteroatoms. The first-order valence-electron chi connectivity index (χ1n) is 32.3. The van der Waals surface area contributed by atoms with Crippen LogP contribution in [0.1, 0.15) is 239 Å². The van der Waals surface area contributed by atoms with Gasteiger partial charge in [0.1, 0.15) is 48.8 Å². The molecule has 2 aliphatic rings. The summed E-state index contributed by atoms with van der Waals surface area (Å²) in [5.74, 6) is -0.255. The molecule has 0 spiro atoms. The quantitative estimate of drug-likeness (QED) is 0.0204. The van der Waals surface area contributed by atoms with Crippen molar-refractivity contribution in [3.8, 4) is 0 Å². The minimum Gasteiger partial charge on any atom is -0.394 e. The fourth-order valence-electron chi connectivity index (χ4n) is 10.1. The molecule has 14 nitrogen and oxygen atoms in total. The van der Waals surface area contributed by atoms with Crippen LogP contribution in [0, 0.1) is 0 Å². The van der Waals surface area contributed by atoms with E-state index in [1.54, 1.807) is 6.08 Å². The zero-order valence-corrected chi connectivity index (χ0v) is 50.5. The number of carbonyl (C=O) groups is 1. The second-order valence-corrected chi connectivity index (χ2v) is 22.5. The van der Waals surface area contributed by atoms with Crippen LogP contribution in [0.3, 0.4) is 0 Å². The summed E-state index contributed by atoms with van der Waals surface area (Å²) in [6.45, 7) is 2.66. The molecule has 0 aromatic rings. The van der Waals surface area contributed by atoms with Crippen LogP contribution < -0.4 is 5.32 Å². The van der Waals surface area contributed by atoms with Crippen molar-refractivity contribution in [1.29, 1.82) is 0 Å². The number of hydrogen-bond donors (Lipinski definition) is 9. The first-order chi connectivity index (χ1) is 39.6. The van der Waals surface area contributed by atoms with E-state index in [1.165, 1.54) is 135 Å². The zero-order chi connectivity index (χ0) is 58.8. The maximum atomic E-state index is 13.3. The smallest absolute Gasteiger partial charge is 0.220 e. The van der Waals surface area contributed by atoms with Crippen molar-refractivity contribution in [2.45, 2.75) is 312 Å². The van der Waals surface area contributed by atoms with Crippen molar-refractivity contribution in [2.75, 3.05) is 19.8 Å². The zero-order valence-electron chi connectivity index (χ0n) is 50.5. The van der Waals surface area contributed by atoms with Gasteiger partial charge in [-0.1, -0.05) is 234 Å². The van der Waals surface area contributed by atoms with Gasteiger partial charge in [0.2, 0.25) is 5.91 Å². The Morgan fingerprint density at radius 3 is 1.36 bits per heavy atom. The molecular formula is C67H117NO13. The van der Waals surface area contributed by atoms with Crippen LogP contribution in [0.25, 0.3) is 0 Å². The molecule has 2 aliphatic heterocycles. The molecule has 2 saturated heterocycles. The highest BCUT2D eigenvalue weighted by Crippen LogP contribution is 2.30. The van der Waals surface area contributed by atoms with Crippen LogP contribution in [-0.2, 0) is 23.7 Å². The van der Waals surface area contributed by atoms with E-state index in [0.29, 0.717) is 12.8 Å². The Bertz CT molecular complexity index is 1680. The van der Waals surface area contributed by atoms with E-state index in [1.807, 2.05) is 6.08 Å². The van der Waals surface area contributed by atoms with E-state index < -0.39 is 86.8 Å². The minimum atomic E-state index is -1.80. The monoisotopic (exact) mass is 1140 g/mol. The maximum absolute atomic E-state index is 13.3. The molecule has 0 aliphatic carbocycles. The molecule has 1 amide bonds. The van der Waals surface area contributed by atoms with Gasteiger partial charge in [-0.2, -0.15) is 0 Å². The normalized spacial score (nSPS) is 24.7. The van der Waals surface area contributed by atoms with Gasteiger partial charge in [0.25, 0.3) is 0 Å². The number of rotatable bonds is 51. The van der Waals surface area contributed by atoms with Crippen LogP contribution in [0.4, 0.5) is 0 Å². The summed E-state index contributed by atoms with van der Waals surface area (Å²) >= 11 is 0. The number of allylic oxidation sites excluding steroid dienone is 13. The number of aliphatic hydroxyl groups excluding tert-OH is 8. The largest absolute Gasteiger partial charge is 0.394 e. The summed E-state index contributed by atoms with van der Waals surface area (Å²) in [6.07, 6.45) is 53.4. The molecule has 2 heterocycles. The first-order valence-corrected chi connectivity index (χ1v) is 32.3. The molecule has 2 rings (SSSR count). The van der Waals surface area contributed by atoms with Crippen LogP contribution >= 0.6 is 0 Å². The molecule has 0 radical (unpaired) electrons. The summed E-state index contributed by atoms with van der Waals surface area (Å²) in [7, 11) is 0. The Kier molecular flexibility index (Phi) is 47.3. The van der Waals surface area contributed by atoms with Gasteiger partial charge in [0.15, 0.2) is 12.6 Å². The summed E-state index contributed by atoms with van der Waals surface area (Å²) in [4.78, 5) is 13.3. The third-order valence-corrected chi connectivity index (χ3v) is 15.3. The Balaban J connectivity index is 1.71. The molecule has 2 fully saturated rings. The topological polar surface area (TPSA) is 228 Å². The molecule has 0 aromatic heterocycles. The number of unbranched alkanes of at least 4 members (excludes halogenated alkanes) is 26. The number of carbonyl (C=O) groups excluding carboxylic acids is 1. The van der Waals surface area contributed by atoms with Crippen LogP contribution in [-0.4, -0.2) is 140 Å². The summed E-state index contributed by atoms with van der Waals surface area (Å²) in [5.41, 5.74) is 0. The molecule has 9 N–H and O–H groups in total. The molecule has 81 heavy (non-hydrogen) atoms. The van der Waals surface area contributed by atoms with Gasteiger partial charge in [-0.25, -0.2) is 0 Å². The Labute approximate surface area is 491 Å². The van der Waals surface area contributed by atoms with E-state index in [-0.39, 0.29) is 18.9 Å². The molecule has 12 atom stereocenters. The molecule has 0 bridgehead atoms. The third kappa shape index (κ3) is 36.6. The van der Waals surface area contributed by atoms with Gasteiger partial charge in [0.05, 0.1) is 32.0 Å². The highest BCUT2D eigenvalue weighted by molar-refractivity contribution is 5.76. The van der Waals surface area contributed by atoms with Gasteiger partial charge in [-0.3, -0.25) is 4.79 Å². The maximum Gasteiger partial charge on any atom is 0.220 e. The second-order valence-electron chi connectivity index (χ2n) is 22.5. The Hall–Kier alpha value is -2.83. The van der Waals surface area contributed by atoms with E-state index >= 15 is 0 Å². The van der Waals surface area contributed by atoms with Gasteiger partial charge >= 0.3 is 0 Å². The van der Waals surface area contributed by atoms with Crippen LogP contribution in [0.5, 0.6) is 0 Å². The number of aliphatic hydroxyl groups is 8. The SMILES string of the molecule is CC/C=C\C/C=C\C/C=C\C/C=C\CCCCCCCCCCCCCCCCCCC(=O)NC(COC1OC(CO)C(OC2OC(CO)C(O)C(O)C2O)C(O)C1O)C(O)/C=C/CC/C=C/CC/C=C/CCCCCCCCCC. The molecule has 0 saturated carbocycles. The van der Waals surface area contributed by atoms with Crippen LogP contribution in [0.2, 0.25) is 0 Å². The fraction of sp³-hybridized carbons (Fsp3) is 0.776. The molecule has 0 aromatic carbocycles. The Morgan fingerprint density at radius 2 is 0.864 bits per heavy atom. The lowest BCUT2D eigenvalue weighted by molar-refractivity contribution is -0.359. The van der Waals surface area contributed by atoms with Crippen molar-refractivity contribution in [3.63, 3.8) is 0 Å². The lowest BCUT2D eigenvalue weighted by Crippen LogP contribution is -2.65. The van der Waals surface area contributed by atoms with Crippen molar-refractivity contribution >= 4 is 5.91 Å². The van der Waals surface area contributed by atoms with Crippen LogP contribution in [0.15, 0.2) is 85.1 Å². The third-order valence-electron chi connectivity index (χ3n) is 15.3. The van der Waals surface area contributed by atoms with E-state index in [0.717, 1.165) is 70.6 Å². The van der Waals surface area contributed by atoms with Crippen molar-refractivity contribution < 1.29 is 64.6 Å². The lowest BCUT2D eigenvalue weighted by Gasteiger charge is -2.46. The van der Waals surface area contributed by atoms with Crippen molar-refractivity contribution in [2.24, 2.45) is 0 Å². The minimum absolute atomic E-state index is 0.255. The van der Waals surface area contributed by atoms with Gasteiger partial charge in [-0.15, -0.1) is 0 Å². The van der Waals surface area contributed by atoms with E-state index in [9.17, 15) is 45.6 Å². The summed E-state index contributed by atoms with van der Waals surface area (Å²) < 4.78 is 22.8. The number of amides is 1. The number of hydrogen-bond acceptors (Lipinski definition) is 13. The molecule has 12 unspecified atom stereocenters. The number of nitrogens with one attached hydrogen (secondary N) is 1. The fourth-order valence-corrected chi connectivity index (χ4v) is 10.1. The first kappa shape index (κ1) is 74.3. The molecular weight excluding hydrogens is 1030 g/mol. The van der Waals surface area contributed by atoms with Gasteiger partial charge < -0.3 is 65.1 Å². The highest BCUT2D eigenvalue weighted by atomic mass is 16.7. The standard InChI is InChI=1S/C67H117NO13/c1-3-5-7-9-11-13-15-17-19-21-23-24-25-26-27-28-29-30-31-32-33-35-37-39-41-43-45-47-49-51-59(72)68-55(56(71)50-48-46-44-42-40-38-36-34-22-20-18-16-14-12-10-8-6-4-2)54-78-66-64(77)62(75)65(58(53-70)80-66)81-67-63(76)61(74)60(73)57(52-69)79-67/h5,7,11,13,17,19,22-24,34,40,42,48,50,55-58,60-67,69-71,73-77H,3-4,6,8-10,12,14-16,18,20-21,25-33,35-39,41,43-47,49,51-54H2,1-2H3,(H,68,72)/b7-5-,13-11-,19-17-,24-23-,34-22+,42-40+,50-48+. The number of ether oxygens (including phenoxy) is 4. The predicted octanol–water partition coefficient (Wildman–Crippen LogP) is 12.1. The average Bonchev–Trinajstić information content (AvgIpc) is 3.47. The van der Waals surface area contributed by atoms with Crippen molar-refractivity contribution in [1.82, 2.24) is 5.32 Å². The highest BCUT2D eigenvalue weighted by Gasteiger charge is 2.51. The van der Waals surface area contributed by atoms with Gasteiger partial charge in [-0.05, 0) is 83.5 Å². The Morgan fingerprint density at radius 1 is 0.457 bits per heavy atom. The van der Waals surface area contributed by atoms with E-state index in [4.69, 9.17) is 18.9 Å². The second kappa shape index (κ2) is 51.6.